The van der Waals surface area contributed by atoms with Crippen LogP contribution in [0.25, 0.3) is 22.8 Å². The van der Waals surface area contributed by atoms with Crippen molar-refractivity contribution in [3.8, 4) is 28.5 Å². The maximum Gasteiger partial charge on any atom is 0.573 e. The summed E-state index contributed by atoms with van der Waals surface area (Å²) in [6, 6.07) is 19.8. The third kappa shape index (κ3) is 7.14. The van der Waals surface area contributed by atoms with Crippen LogP contribution in [0.3, 0.4) is 0 Å². The number of nitrogens with zero attached hydrogens (tertiary/aromatic N) is 6. The highest BCUT2D eigenvalue weighted by atomic mass is 32.1. The highest BCUT2D eigenvalue weighted by Crippen LogP contribution is 2.24. The molecule has 0 bridgehead atoms. The van der Waals surface area contributed by atoms with Crippen molar-refractivity contribution in [2.24, 2.45) is 4.99 Å². The van der Waals surface area contributed by atoms with Crippen molar-refractivity contribution in [3.63, 3.8) is 0 Å². The Labute approximate surface area is 253 Å². The van der Waals surface area contributed by atoms with E-state index in [1.54, 1.807) is 3.96 Å². The van der Waals surface area contributed by atoms with E-state index in [0.717, 1.165) is 34.6 Å². The van der Waals surface area contributed by atoms with E-state index in [9.17, 15) is 22.8 Å². The van der Waals surface area contributed by atoms with Crippen molar-refractivity contribution in [1.29, 1.82) is 0 Å². The third-order valence-electron chi connectivity index (χ3n) is 6.61. The van der Waals surface area contributed by atoms with Gasteiger partial charge in [-0.25, -0.2) is 27.8 Å². The first-order valence-corrected chi connectivity index (χ1v) is 14.5. The van der Waals surface area contributed by atoms with Crippen molar-refractivity contribution in [2.75, 3.05) is 6.54 Å². The molecular formula is C30H28F3N7O3S. The SMILES string of the molecule is CCc1ccccc1-n1c(=O)n(CC)s/c1=N\C(=O)NCCc1ccc(-c2ncn(-c3ccc(OC(F)(F)F)cc3)n2)cc1. The smallest absolute Gasteiger partial charge is 0.406 e. The molecule has 0 saturated heterocycles. The third-order valence-corrected chi connectivity index (χ3v) is 7.69. The van der Waals surface area contributed by atoms with Gasteiger partial charge in [0.15, 0.2) is 5.82 Å². The molecule has 10 nitrogen and oxygen atoms in total. The Balaban J connectivity index is 1.22. The number of hydrogen-bond donors (Lipinski definition) is 1. The zero-order valence-electron chi connectivity index (χ0n) is 23.8. The van der Waals surface area contributed by atoms with Gasteiger partial charge in [-0.15, -0.1) is 18.3 Å². The van der Waals surface area contributed by atoms with Gasteiger partial charge in [-0.2, -0.15) is 4.99 Å². The summed E-state index contributed by atoms with van der Waals surface area (Å²) in [5, 5.41) is 7.21. The fourth-order valence-electron chi connectivity index (χ4n) is 4.46. The Morgan fingerprint density at radius 2 is 1.75 bits per heavy atom. The van der Waals surface area contributed by atoms with E-state index in [4.69, 9.17) is 0 Å². The largest absolute Gasteiger partial charge is 0.573 e. The first kappa shape index (κ1) is 30.5. The first-order valence-electron chi connectivity index (χ1n) is 13.8. The second-order valence-electron chi connectivity index (χ2n) is 9.51. The number of aromatic nitrogens is 5. The lowest BCUT2D eigenvalue weighted by Crippen LogP contribution is -2.31. The lowest BCUT2D eigenvalue weighted by Gasteiger charge is -2.09. The fraction of sp³-hybridized carbons (Fsp3) is 0.233. The van der Waals surface area contributed by atoms with Crippen LogP contribution in [0.15, 0.2) is 88.9 Å². The summed E-state index contributed by atoms with van der Waals surface area (Å²) in [6.07, 6.45) is -2.02. The van der Waals surface area contributed by atoms with Gasteiger partial charge in [-0.05, 0) is 72.8 Å². The lowest BCUT2D eigenvalue weighted by atomic mass is 10.1. The predicted molar refractivity (Wildman–Crippen MR) is 159 cm³/mol. The molecule has 0 atom stereocenters. The first-order chi connectivity index (χ1) is 21.1. The molecule has 0 spiro atoms. The Hall–Kier alpha value is -4.98. The molecule has 0 aliphatic carbocycles. The minimum atomic E-state index is -4.76. The minimum absolute atomic E-state index is 0.238. The molecular weight excluding hydrogens is 595 g/mol. The van der Waals surface area contributed by atoms with Gasteiger partial charge in [0.2, 0.25) is 4.80 Å². The van der Waals surface area contributed by atoms with E-state index in [1.807, 2.05) is 62.4 Å². The van der Waals surface area contributed by atoms with Crippen LogP contribution in [0.2, 0.25) is 0 Å². The van der Waals surface area contributed by atoms with Crippen LogP contribution in [0.4, 0.5) is 18.0 Å². The highest BCUT2D eigenvalue weighted by molar-refractivity contribution is 7.03. The number of urea groups is 1. The molecule has 3 aromatic carbocycles. The average molecular weight is 624 g/mol. The molecule has 44 heavy (non-hydrogen) atoms. The maximum absolute atomic E-state index is 13.0. The van der Waals surface area contributed by atoms with Crippen molar-refractivity contribution in [2.45, 2.75) is 39.6 Å². The molecule has 2 heterocycles. The van der Waals surface area contributed by atoms with Gasteiger partial charge in [-0.1, -0.05) is 49.4 Å². The molecule has 2 aromatic heterocycles. The number of alkyl halides is 3. The standard InChI is InChI=1S/C30H28F3N7O3S/c1-3-21-7-5-6-8-25(21)40-28(44-39(4-2)29(40)42)36-27(41)34-18-17-20-9-11-22(12-10-20)26-35-19-38(37-26)23-13-15-24(16-14-23)43-30(31,32)33/h5-16,19H,3-4,17-18H2,1-2H3,(H,34,41)/b36-28-. The summed E-state index contributed by atoms with van der Waals surface area (Å²) in [5.41, 5.74) is 3.68. The van der Waals surface area contributed by atoms with E-state index in [1.165, 1.54) is 39.8 Å². The Kier molecular flexibility index (Phi) is 9.09. The Morgan fingerprint density at radius 3 is 2.43 bits per heavy atom. The second kappa shape index (κ2) is 13.1. The van der Waals surface area contributed by atoms with E-state index < -0.39 is 12.4 Å². The van der Waals surface area contributed by atoms with E-state index >= 15 is 0 Å². The monoisotopic (exact) mass is 623 g/mol. The number of rotatable bonds is 9. The molecule has 0 radical (unpaired) electrons. The summed E-state index contributed by atoms with van der Waals surface area (Å²) in [4.78, 5) is 34.5. The number of aryl methyl sites for hydroxylation is 2. The number of hydrogen-bond acceptors (Lipinski definition) is 6. The van der Waals surface area contributed by atoms with Crippen molar-refractivity contribution >= 4 is 17.6 Å². The van der Waals surface area contributed by atoms with E-state index in [0.29, 0.717) is 41.5 Å². The number of nitrogens with one attached hydrogen (secondary N) is 1. The van der Waals surface area contributed by atoms with Gasteiger partial charge >= 0.3 is 18.1 Å². The summed E-state index contributed by atoms with van der Waals surface area (Å²) >= 11 is 1.14. The zero-order valence-corrected chi connectivity index (χ0v) is 24.6. The van der Waals surface area contributed by atoms with Crippen LogP contribution in [-0.4, -0.2) is 42.2 Å². The molecule has 228 valence electrons. The summed E-state index contributed by atoms with van der Waals surface area (Å²) in [6.45, 7) is 4.67. The number of carbonyl (C=O) groups is 1. The molecule has 1 N–H and O–H groups in total. The second-order valence-corrected chi connectivity index (χ2v) is 10.5. The normalized spacial score (nSPS) is 12.0. The number of carbonyl (C=O) groups excluding carboxylic acids is 1. The number of para-hydroxylation sites is 1. The van der Waals surface area contributed by atoms with E-state index in [-0.39, 0.29) is 11.4 Å². The summed E-state index contributed by atoms with van der Waals surface area (Å²) in [5.74, 6) is 0.117. The van der Waals surface area contributed by atoms with Crippen LogP contribution >= 0.6 is 11.5 Å². The van der Waals surface area contributed by atoms with Crippen molar-refractivity contribution in [1.82, 2.24) is 28.6 Å². The Morgan fingerprint density at radius 1 is 1.02 bits per heavy atom. The molecule has 0 fully saturated rings. The van der Waals surface area contributed by atoms with Gasteiger partial charge in [-0.3, -0.25) is 0 Å². The van der Waals surface area contributed by atoms with Gasteiger partial charge in [0.25, 0.3) is 0 Å². The molecule has 5 rings (SSSR count). The number of halogens is 3. The number of ether oxygens (including phenoxy) is 1. The van der Waals surface area contributed by atoms with Gasteiger partial charge in [0.05, 0.1) is 11.4 Å². The number of amides is 2. The van der Waals surface area contributed by atoms with E-state index in [2.05, 4.69) is 25.1 Å². The summed E-state index contributed by atoms with van der Waals surface area (Å²) in [7, 11) is 0. The fourth-order valence-corrected chi connectivity index (χ4v) is 5.32. The molecule has 0 aliphatic heterocycles. The van der Waals surface area contributed by atoms with Gasteiger partial charge < -0.3 is 10.1 Å². The van der Waals surface area contributed by atoms with Crippen LogP contribution in [-0.2, 0) is 19.4 Å². The molecule has 0 aliphatic rings. The quantitative estimate of drug-likeness (QED) is 0.240. The maximum atomic E-state index is 13.0. The van der Waals surface area contributed by atoms with Crippen LogP contribution in [0.1, 0.15) is 25.0 Å². The predicted octanol–water partition coefficient (Wildman–Crippen LogP) is 5.28. The molecule has 5 aromatic rings. The van der Waals surface area contributed by atoms with Crippen LogP contribution in [0, 0.1) is 0 Å². The minimum Gasteiger partial charge on any atom is -0.406 e. The Bertz CT molecular complexity index is 1870. The summed E-state index contributed by atoms with van der Waals surface area (Å²) < 4.78 is 45.6. The van der Waals surface area contributed by atoms with Gasteiger partial charge in [0, 0.05) is 18.7 Å². The molecule has 0 unspecified atom stereocenters. The van der Waals surface area contributed by atoms with Gasteiger partial charge in [0.1, 0.15) is 12.1 Å². The highest BCUT2D eigenvalue weighted by Gasteiger charge is 2.31. The van der Waals surface area contributed by atoms with Crippen LogP contribution < -0.4 is 20.5 Å². The van der Waals surface area contributed by atoms with Crippen LogP contribution in [0.5, 0.6) is 5.75 Å². The lowest BCUT2D eigenvalue weighted by molar-refractivity contribution is -0.274. The average Bonchev–Trinajstić information content (AvgIpc) is 3.62. The number of benzene rings is 3. The molecule has 14 heteroatoms. The molecule has 2 amide bonds. The zero-order chi connectivity index (χ0) is 31.3. The molecule has 0 saturated carbocycles. The topological polar surface area (TPSA) is 108 Å². The van der Waals surface area contributed by atoms with Crippen molar-refractivity contribution < 1.29 is 22.7 Å². The van der Waals surface area contributed by atoms with Crippen molar-refractivity contribution in [3.05, 3.63) is 106 Å².